The van der Waals surface area contributed by atoms with E-state index in [1.807, 2.05) is 6.07 Å². The van der Waals surface area contributed by atoms with E-state index in [1.165, 1.54) is 40.2 Å². The van der Waals surface area contributed by atoms with E-state index in [0.717, 1.165) is 10.1 Å². The molecule has 190 valence electrons. The first kappa shape index (κ1) is 24.4. The molecule has 2 aromatic heterocycles. The largest absolute Gasteiger partial charge is 0.454 e. The summed E-state index contributed by atoms with van der Waals surface area (Å²) in [6.45, 7) is 0.195. The molecule has 0 saturated heterocycles. The predicted molar refractivity (Wildman–Crippen MR) is 135 cm³/mol. The fraction of sp³-hybridized carbons (Fsp3) is 0.231. The van der Waals surface area contributed by atoms with Crippen LogP contribution in [0.1, 0.15) is 28.8 Å². The van der Waals surface area contributed by atoms with E-state index < -0.39 is 17.1 Å². The summed E-state index contributed by atoms with van der Waals surface area (Å²) in [7, 11) is 0. The number of nitrogens with zero attached hydrogens (tertiary/aromatic N) is 2. The number of aromatic nitrogens is 2. The van der Waals surface area contributed by atoms with Crippen molar-refractivity contribution in [3.8, 4) is 11.5 Å². The quantitative estimate of drug-likeness (QED) is 0.338. The summed E-state index contributed by atoms with van der Waals surface area (Å²) in [5, 5.41) is 4.49. The molecule has 1 aliphatic heterocycles. The van der Waals surface area contributed by atoms with Gasteiger partial charge >= 0.3 is 5.69 Å². The smallest absolute Gasteiger partial charge is 0.331 e. The van der Waals surface area contributed by atoms with Crippen LogP contribution >= 0.6 is 11.3 Å². The maximum Gasteiger partial charge on any atom is 0.331 e. The number of rotatable bonds is 9. The van der Waals surface area contributed by atoms with Crippen LogP contribution in [0.15, 0.2) is 63.5 Å². The number of halogens is 1. The van der Waals surface area contributed by atoms with Crippen LogP contribution in [0.5, 0.6) is 11.5 Å². The van der Waals surface area contributed by atoms with Gasteiger partial charge in [-0.2, -0.15) is 0 Å². The van der Waals surface area contributed by atoms with Crippen molar-refractivity contribution in [3.63, 3.8) is 0 Å². The molecule has 0 radical (unpaired) electrons. The molecule has 2 aromatic carbocycles. The summed E-state index contributed by atoms with van der Waals surface area (Å²) < 4.78 is 26.5. The average Bonchev–Trinajstić information content (AvgIpc) is 3.57. The molecule has 0 spiro atoms. The highest BCUT2D eigenvalue weighted by Crippen LogP contribution is 2.32. The highest BCUT2D eigenvalue weighted by molar-refractivity contribution is 7.17. The minimum atomic E-state index is -0.632. The van der Waals surface area contributed by atoms with Crippen molar-refractivity contribution in [1.82, 2.24) is 14.5 Å². The first-order valence-corrected chi connectivity index (χ1v) is 12.4. The maximum absolute atomic E-state index is 13.2. The Labute approximate surface area is 213 Å². The van der Waals surface area contributed by atoms with Crippen molar-refractivity contribution in [3.05, 3.63) is 91.7 Å². The summed E-state index contributed by atoms with van der Waals surface area (Å²) in [6.07, 6.45) is 0.359. The monoisotopic (exact) mass is 523 g/mol. The number of thiophene rings is 1. The van der Waals surface area contributed by atoms with E-state index in [9.17, 15) is 23.6 Å². The fourth-order valence-electron chi connectivity index (χ4n) is 4.09. The number of carbonyl (C=O) groups is 2. The Hall–Kier alpha value is -4.25. The van der Waals surface area contributed by atoms with Gasteiger partial charge in [-0.05, 0) is 59.8 Å². The molecule has 4 aromatic rings. The first-order valence-electron chi connectivity index (χ1n) is 11.6. The number of ketones is 1. The number of fused-ring (bicyclic) bond motifs is 2. The Balaban J connectivity index is 1.26. The SMILES string of the molecule is O=C(CCCn1c(=O)c2sccc2n(CC(=O)c2ccc(F)cc2)c1=O)NCc1ccc2c(c1)OCO2. The van der Waals surface area contributed by atoms with Gasteiger partial charge in [0.1, 0.15) is 10.5 Å². The highest BCUT2D eigenvalue weighted by Gasteiger charge is 2.18. The molecule has 0 saturated carbocycles. The number of hydrogen-bond donors (Lipinski definition) is 1. The molecule has 0 aliphatic carbocycles. The minimum Gasteiger partial charge on any atom is -0.454 e. The maximum atomic E-state index is 13.2. The van der Waals surface area contributed by atoms with E-state index in [1.54, 1.807) is 23.6 Å². The number of benzene rings is 2. The third-order valence-corrected chi connectivity index (χ3v) is 6.91. The normalized spacial score (nSPS) is 12.1. The second-order valence-electron chi connectivity index (χ2n) is 8.46. The van der Waals surface area contributed by atoms with E-state index in [-0.39, 0.29) is 50.0 Å². The number of amides is 1. The second kappa shape index (κ2) is 10.4. The van der Waals surface area contributed by atoms with Gasteiger partial charge < -0.3 is 14.8 Å². The molecular weight excluding hydrogens is 501 g/mol. The van der Waals surface area contributed by atoms with Crippen molar-refractivity contribution in [2.45, 2.75) is 32.5 Å². The molecule has 1 aliphatic rings. The zero-order chi connectivity index (χ0) is 25.9. The van der Waals surface area contributed by atoms with E-state index in [4.69, 9.17) is 9.47 Å². The molecule has 3 heterocycles. The lowest BCUT2D eigenvalue weighted by atomic mass is 10.1. The van der Waals surface area contributed by atoms with Gasteiger partial charge in [-0.3, -0.25) is 23.5 Å². The topological polar surface area (TPSA) is 109 Å². The molecule has 5 rings (SSSR count). The van der Waals surface area contributed by atoms with Crippen LogP contribution < -0.4 is 26.0 Å². The minimum absolute atomic E-state index is 0.0215. The Morgan fingerprint density at radius 2 is 1.78 bits per heavy atom. The number of carbonyl (C=O) groups excluding carboxylic acids is 2. The summed E-state index contributed by atoms with van der Waals surface area (Å²) in [4.78, 5) is 51.3. The molecule has 9 nitrogen and oxygen atoms in total. The van der Waals surface area contributed by atoms with Crippen molar-refractivity contribution in [2.24, 2.45) is 0 Å². The summed E-state index contributed by atoms with van der Waals surface area (Å²) >= 11 is 1.18. The van der Waals surface area contributed by atoms with Crippen LogP contribution in [-0.2, 0) is 24.4 Å². The Kier molecular flexibility index (Phi) is 6.87. The molecule has 11 heteroatoms. The van der Waals surface area contributed by atoms with Crippen molar-refractivity contribution >= 4 is 33.2 Å². The summed E-state index contributed by atoms with van der Waals surface area (Å²) in [5.74, 6) is 0.206. The van der Waals surface area contributed by atoms with Crippen LogP contribution in [0.4, 0.5) is 4.39 Å². The lowest BCUT2D eigenvalue weighted by Crippen LogP contribution is -2.41. The molecule has 0 unspecified atom stereocenters. The zero-order valence-electron chi connectivity index (χ0n) is 19.6. The summed E-state index contributed by atoms with van der Waals surface area (Å²) in [5.41, 5.74) is 0.390. The third kappa shape index (κ3) is 5.17. The molecule has 0 fully saturated rings. The van der Waals surface area contributed by atoms with Gasteiger partial charge in [0.25, 0.3) is 5.56 Å². The lowest BCUT2D eigenvalue weighted by Gasteiger charge is -2.12. The number of nitrogens with one attached hydrogen (secondary N) is 1. The molecule has 0 atom stereocenters. The predicted octanol–water partition coefficient (Wildman–Crippen LogP) is 3.07. The number of hydrogen-bond acceptors (Lipinski definition) is 7. The van der Waals surface area contributed by atoms with Gasteiger partial charge in [0.05, 0.1) is 12.1 Å². The lowest BCUT2D eigenvalue weighted by molar-refractivity contribution is -0.121. The van der Waals surface area contributed by atoms with Crippen LogP contribution in [0.3, 0.4) is 0 Å². The van der Waals surface area contributed by atoms with E-state index in [0.29, 0.717) is 28.3 Å². The molecule has 1 N–H and O–H groups in total. The standard InChI is InChI=1S/C26H22FN3O6S/c27-18-6-4-17(5-7-18)20(31)14-30-19-9-11-37-24(19)25(33)29(26(30)34)10-1-2-23(32)28-13-16-3-8-21-22(12-16)36-15-35-21/h3-9,11-12H,1-2,10,13-15H2,(H,28,32). The first-order chi connectivity index (χ1) is 17.9. The van der Waals surface area contributed by atoms with Gasteiger partial charge in [0.2, 0.25) is 12.7 Å². The summed E-state index contributed by atoms with van der Waals surface area (Å²) in [6, 6.07) is 12.1. The van der Waals surface area contributed by atoms with Crippen LogP contribution in [-0.4, -0.2) is 27.6 Å². The van der Waals surface area contributed by atoms with Crippen molar-refractivity contribution in [2.75, 3.05) is 6.79 Å². The fourth-order valence-corrected chi connectivity index (χ4v) is 4.93. The number of Topliss-reactive ketones (excluding diaryl/α,β-unsaturated/α-hetero) is 1. The molecule has 1 amide bonds. The zero-order valence-corrected chi connectivity index (χ0v) is 20.4. The van der Waals surface area contributed by atoms with Crippen LogP contribution in [0, 0.1) is 5.82 Å². The van der Waals surface area contributed by atoms with Crippen molar-refractivity contribution < 1.29 is 23.5 Å². The Bertz CT molecular complexity index is 1610. The van der Waals surface area contributed by atoms with Crippen molar-refractivity contribution in [1.29, 1.82) is 0 Å². The van der Waals surface area contributed by atoms with Gasteiger partial charge in [0.15, 0.2) is 17.3 Å². The molecule has 0 bridgehead atoms. The Morgan fingerprint density at radius 3 is 2.59 bits per heavy atom. The van der Waals surface area contributed by atoms with Gasteiger partial charge in [-0.25, -0.2) is 9.18 Å². The van der Waals surface area contributed by atoms with E-state index >= 15 is 0 Å². The van der Waals surface area contributed by atoms with Gasteiger partial charge in [0, 0.05) is 25.1 Å². The molecular formula is C26H22FN3O6S. The number of ether oxygens (including phenoxy) is 2. The second-order valence-corrected chi connectivity index (χ2v) is 9.37. The van der Waals surface area contributed by atoms with E-state index in [2.05, 4.69) is 5.32 Å². The van der Waals surface area contributed by atoms with Gasteiger partial charge in [-0.15, -0.1) is 11.3 Å². The molecule has 37 heavy (non-hydrogen) atoms. The highest BCUT2D eigenvalue weighted by atomic mass is 32.1. The Morgan fingerprint density at radius 1 is 1.00 bits per heavy atom. The van der Waals surface area contributed by atoms with Gasteiger partial charge in [-0.1, -0.05) is 6.07 Å². The third-order valence-electron chi connectivity index (χ3n) is 6.02. The van der Waals surface area contributed by atoms with Crippen LogP contribution in [0.25, 0.3) is 10.2 Å². The van der Waals surface area contributed by atoms with Crippen LogP contribution in [0.2, 0.25) is 0 Å². The average molecular weight is 524 g/mol.